The Morgan fingerprint density at radius 2 is 1.89 bits per heavy atom. The maximum Gasteiger partial charge on any atom is 0.126 e. The Hall–Kier alpha value is -1.06. The second kappa shape index (κ2) is 6.76. The largest absolute Gasteiger partial charge is 0.496 e. The SMILES string of the molecule is CNC(CNC(C)C)c1cc(C)cc(C)c1OC. The summed E-state index contributed by atoms with van der Waals surface area (Å²) < 4.78 is 5.55. The van der Waals surface area contributed by atoms with Gasteiger partial charge in [0.2, 0.25) is 0 Å². The van der Waals surface area contributed by atoms with Crippen molar-refractivity contribution in [2.45, 2.75) is 39.8 Å². The molecule has 0 radical (unpaired) electrons. The van der Waals surface area contributed by atoms with Gasteiger partial charge in [0.15, 0.2) is 0 Å². The van der Waals surface area contributed by atoms with E-state index in [-0.39, 0.29) is 6.04 Å². The Kier molecular flexibility index (Phi) is 5.63. The van der Waals surface area contributed by atoms with Crippen molar-refractivity contribution in [1.82, 2.24) is 10.6 Å². The molecule has 0 spiro atoms. The van der Waals surface area contributed by atoms with Crippen LogP contribution in [-0.4, -0.2) is 26.7 Å². The highest BCUT2D eigenvalue weighted by Gasteiger charge is 2.16. The first kappa shape index (κ1) is 15.0. The monoisotopic (exact) mass is 250 g/mol. The molecule has 0 aliphatic heterocycles. The van der Waals surface area contributed by atoms with Gasteiger partial charge in [-0.25, -0.2) is 0 Å². The van der Waals surface area contributed by atoms with E-state index in [1.54, 1.807) is 7.11 Å². The lowest BCUT2D eigenvalue weighted by molar-refractivity contribution is 0.393. The van der Waals surface area contributed by atoms with E-state index >= 15 is 0 Å². The summed E-state index contributed by atoms with van der Waals surface area (Å²) in [4.78, 5) is 0. The molecule has 3 nitrogen and oxygen atoms in total. The number of benzene rings is 1. The Morgan fingerprint density at radius 1 is 1.22 bits per heavy atom. The summed E-state index contributed by atoms with van der Waals surface area (Å²) in [7, 11) is 3.73. The van der Waals surface area contributed by atoms with Gasteiger partial charge in [-0.15, -0.1) is 0 Å². The van der Waals surface area contributed by atoms with Crippen molar-refractivity contribution in [2.75, 3.05) is 20.7 Å². The number of nitrogens with one attached hydrogen (secondary N) is 2. The molecule has 2 N–H and O–H groups in total. The number of rotatable bonds is 6. The van der Waals surface area contributed by atoms with Crippen LogP contribution in [0.5, 0.6) is 5.75 Å². The molecule has 1 atom stereocenters. The minimum Gasteiger partial charge on any atom is -0.496 e. The van der Waals surface area contributed by atoms with Crippen molar-refractivity contribution in [3.05, 3.63) is 28.8 Å². The molecule has 0 amide bonds. The van der Waals surface area contributed by atoms with Gasteiger partial charge in [-0.1, -0.05) is 31.5 Å². The van der Waals surface area contributed by atoms with Gasteiger partial charge in [0.1, 0.15) is 5.75 Å². The van der Waals surface area contributed by atoms with Crippen molar-refractivity contribution in [1.29, 1.82) is 0 Å². The molecule has 0 heterocycles. The second-order valence-electron chi connectivity index (χ2n) is 5.11. The molecular formula is C15H26N2O. The smallest absolute Gasteiger partial charge is 0.126 e. The van der Waals surface area contributed by atoms with E-state index in [1.807, 2.05) is 7.05 Å². The lowest BCUT2D eigenvalue weighted by Crippen LogP contribution is -2.33. The van der Waals surface area contributed by atoms with Gasteiger partial charge in [0, 0.05) is 24.2 Å². The van der Waals surface area contributed by atoms with Crippen molar-refractivity contribution < 1.29 is 4.74 Å². The zero-order valence-corrected chi connectivity index (χ0v) is 12.4. The van der Waals surface area contributed by atoms with E-state index in [0.717, 1.165) is 12.3 Å². The molecule has 1 aromatic rings. The summed E-state index contributed by atoms with van der Waals surface area (Å²) in [5.74, 6) is 0.991. The quantitative estimate of drug-likeness (QED) is 0.814. The molecule has 1 unspecified atom stereocenters. The molecule has 0 aromatic heterocycles. The Labute approximate surface area is 111 Å². The summed E-state index contributed by atoms with van der Waals surface area (Å²) >= 11 is 0. The third kappa shape index (κ3) is 3.72. The first-order valence-electron chi connectivity index (χ1n) is 6.55. The molecule has 1 rings (SSSR count). The number of aryl methyl sites for hydroxylation is 2. The molecule has 0 bridgehead atoms. The van der Waals surface area contributed by atoms with Crippen LogP contribution in [0.3, 0.4) is 0 Å². The van der Waals surface area contributed by atoms with Crippen molar-refractivity contribution in [3.63, 3.8) is 0 Å². The zero-order valence-electron chi connectivity index (χ0n) is 12.4. The van der Waals surface area contributed by atoms with Gasteiger partial charge in [0.05, 0.1) is 7.11 Å². The zero-order chi connectivity index (χ0) is 13.7. The summed E-state index contributed by atoms with van der Waals surface area (Å²) in [6.45, 7) is 9.43. The molecule has 0 fully saturated rings. The standard InChI is InChI=1S/C15H26N2O/c1-10(2)17-9-14(16-5)13-8-11(3)7-12(4)15(13)18-6/h7-8,10,14,16-17H,9H2,1-6H3. The molecule has 0 saturated heterocycles. The van der Waals surface area contributed by atoms with Gasteiger partial charge < -0.3 is 15.4 Å². The van der Waals surface area contributed by atoms with Gasteiger partial charge in [-0.05, 0) is 26.5 Å². The van der Waals surface area contributed by atoms with Gasteiger partial charge >= 0.3 is 0 Å². The van der Waals surface area contributed by atoms with Crippen LogP contribution >= 0.6 is 0 Å². The van der Waals surface area contributed by atoms with Crippen LogP contribution in [0.4, 0.5) is 0 Å². The number of ether oxygens (including phenoxy) is 1. The number of hydrogen-bond acceptors (Lipinski definition) is 3. The molecule has 0 aliphatic rings. The Morgan fingerprint density at radius 3 is 2.39 bits per heavy atom. The summed E-state index contributed by atoms with van der Waals surface area (Å²) in [5, 5.41) is 6.83. The second-order valence-corrected chi connectivity index (χ2v) is 5.11. The van der Waals surface area contributed by atoms with Gasteiger partial charge in [-0.3, -0.25) is 0 Å². The van der Waals surface area contributed by atoms with Crippen molar-refractivity contribution in [2.24, 2.45) is 0 Å². The molecule has 0 aliphatic carbocycles. The topological polar surface area (TPSA) is 33.3 Å². The van der Waals surface area contributed by atoms with Crippen LogP contribution in [-0.2, 0) is 0 Å². The van der Waals surface area contributed by atoms with E-state index in [9.17, 15) is 0 Å². The van der Waals surface area contributed by atoms with Gasteiger partial charge in [0.25, 0.3) is 0 Å². The first-order valence-corrected chi connectivity index (χ1v) is 6.55. The minimum atomic E-state index is 0.265. The molecular weight excluding hydrogens is 224 g/mol. The highest BCUT2D eigenvalue weighted by molar-refractivity contribution is 5.45. The van der Waals surface area contributed by atoms with Crippen LogP contribution in [0.2, 0.25) is 0 Å². The summed E-state index contributed by atoms with van der Waals surface area (Å²) in [6.07, 6.45) is 0. The van der Waals surface area contributed by atoms with Crippen molar-refractivity contribution in [3.8, 4) is 5.75 Å². The fourth-order valence-electron chi connectivity index (χ4n) is 2.25. The predicted octanol–water partition coefficient (Wildman–Crippen LogP) is 2.57. The van der Waals surface area contributed by atoms with Crippen LogP contribution in [0.15, 0.2) is 12.1 Å². The van der Waals surface area contributed by atoms with Crippen LogP contribution in [0.1, 0.15) is 36.6 Å². The fourth-order valence-corrected chi connectivity index (χ4v) is 2.25. The molecule has 1 aromatic carbocycles. The molecule has 18 heavy (non-hydrogen) atoms. The number of hydrogen-bond donors (Lipinski definition) is 2. The van der Waals surface area contributed by atoms with E-state index in [0.29, 0.717) is 6.04 Å². The predicted molar refractivity (Wildman–Crippen MR) is 77.4 cm³/mol. The minimum absolute atomic E-state index is 0.265. The number of likely N-dealkylation sites (N-methyl/N-ethyl adjacent to an activating group) is 1. The van der Waals surface area contributed by atoms with E-state index in [1.165, 1.54) is 16.7 Å². The molecule has 102 valence electrons. The highest BCUT2D eigenvalue weighted by Crippen LogP contribution is 2.29. The van der Waals surface area contributed by atoms with E-state index < -0.39 is 0 Å². The lowest BCUT2D eigenvalue weighted by atomic mass is 9.99. The van der Waals surface area contributed by atoms with E-state index in [4.69, 9.17) is 4.74 Å². The summed E-state index contributed by atoms with van der Waals surface area (Å²) in [5.41, 5.74) is 3.69. The van der Waals surface area contributed by atoms with Gasteiger partial charge in [-0.2, -0.15) is 0 Å². The van der Waals surface area contributed by atoms with E-state index in [2.05, 4.69) is 50.5 Å². The highest BCUT2D eigenvalue weighted by atomic mass is 16.5. The van der Waals surface area contributed by atoms with Crippen LogP contribution in [0.25, 0.3) is 0 Å². The third-order valence-corrected chi connectivity index (χ3v) is 3.11. The average molecular weight is 250 g/mol. The van der Waals surface area contributed by atoms with Crippen LogP contribution < -0.4 is 15.4 Å². The number of methoxy groups -OCH3 is 1. The third-order valence-electron chi connectivity index (χ3n) is 3.11. The fraction of sp³-hybridized carbons (Fsp3) is 0.600. The average Bonchev–Trinajstić information content (AvgIpc) is 2.29. The Balaban J connectivity index is 3.03. The maximum absolute atomic E-state index is 5.55. The molecule has 0 saturated carbocycles. The Bertz CT molecular complexity index is 388. The lowest BCUT2D eigenvalue weighted by Gasteiger charge is -2.23. The normalized spacial score (nSPS) is 12.8. The maximum atomic E-state index is 5.55. The summed E-state index contributed by atoms with van der Waals surface area (Å²) in [6, 6.07) is 5.11. The first-order chi connectivity index (χ1) is 8.49. The van der Waals surface area contributed by atoms with Crippen LogP contribution in [0, 0.1) is 13.8 Å². The molecule has 3 heteroatoms. The van der Waals surface area contributed by atoms with Crippen molar-refractivity contribution >= 4 is 0 Å².